The Morgan fingerprint density at radius 1 is 1.39 bits per heavy atom. The van der Waals surface area contributed by atoms with Crippen LogP contribution in [0.1, 0.15) is 26.7 Å². The monoisotopic (exact) mass is 254 g/mol. The van der Waals surface area contributed by atoms with Gasteiger partial charge in [-0.2, -0.15) is 0 Å². The maximum absolute atomic E-state index is 12.5. The first-order valence-corrected chi connectivity index (χ1v) is 6.67. The molecule has 0 saturated carbocycles. The molecule has 18 heavy (non-hydrogen) atoms. The van der Waals surface area contributed by atoms with Crippen LogP contribution in [0.2, 0.25) is 0 Å². The second-order valence-corrected chi connectivity index (χ2v) is 5.97. The Morgan fingerprint density at radius 3 is 2.61 bits per heavy atom. The molecule has 1 amide bonds. The predicted octanol–water partition coefficient (Wildman–Crippen LogP) is 0.555. The number of hydrogen-bond acceptors (Lipinski definition) is 3. The summed E-state index contributed by atoms with van der Waals surface area (Å²) in [5.74, 6) is -1.03. The molecule has 5 heteroatoms. The van der Waals surface area contributed by atoms with Crippen LogP contribution in [0.4, 0.5) is 0 Å². The van der Waals surface area contributed by atoms with Crippen molar-refractivity contribution in [2.24, 2.45) is 17.3 Å². The lowest BCUT2D eigenvalue weighted by Gasteiger charge is -2.36. The van der Waals surface area contributed by atoms with Gasteiger partial charge in [-0.1, -0.05) is 6.92 Å². The van der Waals surface area contributed by atoms with E-state index in [1.54, 1.807) is 4.90 Å². The van der Waals surface area contributed by atoms with Crippen LogP contribution in [0.15, 0.2) is 0 Å². The Bertz CT molecular complexity index is 350. The van der Waals surface area contributed by atoms with Crippen molar-refractivity contribution in [1.29, 1.82) is 0 Å². The Hall–Kier alpha value is -1.10. The van der Waals surface area contributed by atoms with Gasteiger partial charge in [0.1, 0.15) is 0 Å². The number of rotatable bonds is 2. The van der Waals surface area contributed by atoms with Crippen molar-refractivity contribution < 1.29 is 14.7 Å². The molecule has 0 spiro atoms. The summed E-state index contributed by atoms with van der Waals surface area (Å²) < 4.78 is 0. The number of nitrogens with one attached hydrogen (secondary N) is 1. The third-order valence-electron chi connectivity index (χ3n) is 4.33. The van der Waals surface area contributed by atoms with E-state index in [-0.39, 0.29) is 17.2 Å². The zero-order chi connectivity index (χ0) is 13.3. The van der Waals surface area contributed by atoms with E-state index in [0.717, 1.165) is 19.4 Å². The van der Waals surface area contributed by atoms with Crippen LogP contribution in [0.5, 0.6) is 0 Å². The average molecular weight is 254 g/mol. The number of nitrogens with zero attached hydrogens (tertiary/aromatic N) is 1. The first-order chi connectivity index (χ1) is 8.44. The lowest BCUT2D eigenvalue weighted by atomic mass is 9.81. The highest BCUT2D eigenvalue weighted by molar-refractivity contribution is 5.84. The van der Waals surface area contributed by atoms with E-state index < -0.39 is 11.9 Å². The van der Waals surface area contributed by atoms with Gasteiger partial charge in [0.15, 0.2) is 0 Å². The van der Waals surface area contributed by atoms with Gasteiger partial charge >= 0.3 is 5.97 Å². The van der Waals surface area contributed by atoms with Gasteiger partial charge in [-0.05, 0) is 32.2 Å². The van der Waals surface area contributed by atoms with Gasteiger partial charge in [0, 0.05) is 19.6 Å². The van der Waals surface area contributed by atoms with E-state index in [2.05, 4.69) is 5.32 Å². The Morgan fingerprint density at radius 2 is 2.11 bits per heavy atom. The molecule has 102 valence electrons. The number of carboxylic acid groups (broad SMARTS) is 1. The zero-order valence-corrected chi connectivity index (χ0v) is 11.1. The molecule has 2 rings (SSSR count). The van der Waals surface area contributed by atoms with Crippen LogP contribution in [0.3, 0.4) is 0 Å². The maximum atomic E-state index is 12.5. The van der Waals surface area contributed by atoms with Gasteiger partial charge in [0.2, 0.25) is 5.91 Å². The number of piperidine rings is 1. The molecule has 2 fully saturated rings. The predicted molar refractivity (Wildman–Crippen MR) is 67.1 cm³/mol. The number of likely N-dealkylation sites (tertiary alicyclic amines) is 1. The third kappa shape index (κ3) is 2.36. The highest BCUT2D eigenvalue weighted by Crippen LogP contribution is 2.32. The Kier molecular flexibility index (Phi) is 3.61. The van der Waals surface area contributed by atoms with Crippen LogP contribution >= 0.6 is 0 Å². The quantitative estimate of drug-likeness (QED) is 0.755. The van der Waals surface area contributed by atoms with Crippen LogP contribution in [0, 0.1) is 17.3 Å². The maximum Gasteiger partial charge on any atom is 0.308 e. The molecular formula is C13H22N2O3. The van der Waals surface area contributed by atoms with Crippen LogP contribution in [0.25, 0.3) is 0 Å². The Labute approximate surface area is 108 Å². The number of carbonyl (C=O) groups excluding carboxylic acids is 1. The third-order valence-corrected chi connectivity index (χ3v) is 4.33. The van der Waals surface area contributed by atoms with Crippen LogP contribution < -0.4 is 5.32 Å². The summed E-state index contributed by atoms with van der Waals surface area (Å²) in [6, 6.07) is 0. The fourth-order valence-corrected chi connectivity index (χ4v) is 3.07. The van der Waals surface area contributed by atoms with Gasteiger partial charge in [0.25, 0.3) is 0 Å². The van der Waals surface area contributed by atoms with Crippen molar-refractivity contribution >= 4 is 11.9 Å². The topological polar surface area (TPSA) is 69.6 Å². The largest absolute Gasteiger partial charge is 0.481 e. The molecule has 0 aromatic heterocycles. The molecule has 0 aromatic carbocycles. The standard InChI is InChI=1S/C13H22N2O3/c1-9-6-15(7-10(9)11(16)17)12(18)13(2)4-3-5-14-8-13/h9-10,14H,3-8H2,1-2H3,(H,16,17). The fraction of sp³-hybridized carbons (Fsp3) is 0.846. The number of carbonyl (C=O) groups is 2. The highest BCUT2D eigenvalue weighted by atomic mass is 16.4. The lowest BCUT2D eigenvalue weighted by Crippen LogP contribution is -2.49. The molecule has 3 unspecified atom stereocenters. The van der Waals surface area contributed by atoms with Crippen molar-refractivity contribution in [3.05, 3.63) is 0 Å². The minimum Gasteiger partial charge on any atom is -0.481 e. The number of carboxylic acids is 1. The van der Waals surface area contributed by atoms with Crippen molar-refractivity contribution in [3.63, 3.8) is 0 Å². The van der Waals surface area contributed by atoms with E-state index in [1.165, 1.54) is 0 Å². The van der Waals surface area contributed by atoms with Crippen molar-refractivity contribution in [2.75, 3.05) is 26.2 Å². The van der Waals surface area contributed by atoms with Gasteiger partial charge in [-0.3, -0.25) is 9.59 Å². The normalized spacial score (nSPS) is 36.7. The van der Waals surface area contributed by atoms with E-state index in [9.17, 15) is 9.59 Å². The zero-order valence-electron chi connectivity index (χ0n) is 11.1. The lowest BCUT2D eigenvalue weighted by molar-refractivity contribution is -0.143. The second kappa shape index (κ2) is 4.88. The summed E-state index contributed by atoms with van der Waals surface area (Å²) in [6.45, 7) is 6.51. The van der Waals surface area contributed by atoms with E-state index >= 15 is 0 Å². The van der Waals surface area contributed by atoms with Gasteiger partial charge < -0.3 is 15.3 Å². The summed E-state index contributed by atoms with van der Waals surface area (Å²) in [4.78, 5) is 25.4. The van der Waals surface area contributed by atoms with Crippen molar-refractivity contribution in [2.45, 2.75) is 26.7 Å². The second-order valence-electron chi connectivity index (χ2n) is 5.97. The molecule has 5 nitrogen and oxygen atoms in total. The number of amides is 1. The van der Waals surface area contributed by atoms with Crippen LogP contribution in [-0.2, 0) is 9.59 Å². The number of aliphatic carboxylic acids is 1. The SMILES string of the molecule is CC1CN(C(=O)C2(C)CCCNC2)CC1C(=O)O. The first kappa shape index (κ1) is 13.3. The summed E-state index contributed by atoms with van der Waals surface area (Å²) in [6.07, 6.45) is 1.90. The van der Waals surface area contributed by atoms with Crippen LogP contribution in [-0.4, -0.2) is 48.1 Å². The summed E-state index contributed by atoms with van der Waals surface area (Å²) in [7, 11) is 0. The molecule has 2 heterocycles. The minimum absolute atomic E-state index is 0.0478. The molecule has 2 N–H and O–H groups in total. The highest BCUT2D eigenvalue weighted by Gasteiger charge is 2.43. The Balaban J connectivity index is 2.04. The molecule has 0 radical (unpaired) electrons. The van der Waals surface area contributed by atoms with E-state index in [0.29, 0.717) is 19.6 Å². The van der Waals surface area contributed by atoms with Gasteiger partial charge in [-0.15, -0.1) is 0 Å². The molecule has 0 bridgehead atoms. The van der Waals surface area contributed by atoms with E-state index in [1.807, 2.05) is 13.8 Å². The molecule has 3 atom stereocenters. The molecule has 2 saturated heterocycles. The summed E-state index contributed by atoms with van der Waals surface area (Å²) >= 11 is 0. The molecule has 0 aromatic rings. The molecular weight excluding hydrogens is 232 g/mol. The number of hydrogen-bond donors (Lipinski definition) is 2. The molecule has 2 aliphatic heterocycles. The van der Waals surface area contributed by atoms with Crippen molar-refractivity contribution in [3.8, 4) is 0 Å². The molecule has 2 aliphatic rings. The first-order valence-electron chi connectivity index (χ1n) is 6.67. The summed E-state index contributed by atoms with van der Waals surface area (Å²) in [5.41, 5.74) is -0.356. The summed E-state index contributed by atoms with van der Waals surface area (Å²) in [5, 5.41) is 12.4. The smallest absolute Gasteiger partial charge is 0.308 e. The van der Waals surface area contributed by atoms with Gasteiger partial charge in [-0.25, -0.2) is 0 Å². The van der Waals surface area contributed by atoms with Gasteiger partial charge in [0.05, 0.1) is 11.3 Å². The fourth-order valence-electron chi connectivity index (χ4n) is 3.07. The van der Waals surface area contributed by atoms with E-state index in [4.69, 9.17) is 5.11 Å². The van der Waals surface area contributed by atoms with Crippen molar-refractivity contribution in [1.82, 2.24) is 10.2 Å². The average Bonchev–Trinajstić information content (AvgIpc) is 2.71. The molecule has 0 aliphatic carbocycles. The minimum atomic E-state index is -0.787.